The van der Waals surface area contributed by atoms with Gasteiger partial charge in [-0.1, -0.05) is 58.9 Å². The number of amides is 1. The smallest absolute Gasteiger partial charge is 0.233 e. The highest BCUT2D eigenvalue weighted by atomic mass is 16.3. The van der Waals surface area contributed by atoms with Crippen LogP contribution in [0.25, 0.3) is 0 Å². The molecule has 1 atom stereocenters. The molecule has 2 fully saturated rings. The highest BCUT2D eigenvalue weighted by Gasteiger charge is 2.55. The molecular weight excluding hydrogens is 388 g/mol. The number of anilines is 1. The molecular formula is C25H34N4O2. The van der Waals surface area contributed by atoms with Gasteiger partial charge in [0.05, 0.1) is 6.20 Å². The Hall–Kier alpha value is -2.31. The zero-order valence-electron chi connectivity index (χ0n) is 19.5. The molecule has 0 aliphatic carbocycles. The molecule has 2 aromatic rings. The van der Waals surface area contributed by atoms with Crippen molar-refractivity contribution in [3.63, 3.8) is 0 Å². The second kappa shape index (κ2) is 7.38. The summed E-state index contributed by atoms with van der Waals surface area (Å²) in [5.74, 6) is 0.992. The number of aromatic nitrogens is 2. The number of hydrogen-bond donors (Lipinski definition) is 1. The van der Waals surface area contributed by atoms with Crippen LogP contribution >= 0.6 is 0 Å². The Morgan fingerprint density at radius 3 is 2.26 bits per heavy atom. The molecule has 1 unspecified atom stereocenters. The SMILES string of the molecule is CC(C)c1ccc(C(O)(c2cnnc(N3CCC(C)(C)C3=O)c2)C2(C)CN(C)C2)cc1. The Labute approximate surface area is 185 Å². The van der Waals surface area contributed by atoms with E-state index in [1.807, 2.05) is 32.0 Å². The minimum absolute atomic E-state index is 0.0540. The number of nitrogens with zero attached hydrogens (tertiary/aromatic N) is 4. The maximum absolute atomic E-state index is 12.9. The first-order valence-electron chi connectivity index (χ1n) is 11.1. The van der Waals surface area contributed by atoms with Gasteiger partial charge in [-0.05, 0) is 36.6 Å². The van der Waals surface area contributed by atoms with Gasteiger partial charge in [-0.3, -0.25) is 9.69 Å². The van der Waals surface area contributed by atoms with Crippen molar-refractivity contribution in [3.8, 4) is 0 Å². The molecule has 0 radical (unpaired) electrons. The molecule has 1 aromatic heterocycles. The molecule has 2 saturated heterocycles. The normalized spacial score (nSPS) is 22.5. The molecule has 1 aromatic carbocycles. The number of carbonyl (C=O) groups excluding carboxylic acids is 1. The second-order valence-electron chi connectivity index (χ2n) is 10.6. The van der Waals surface area contributed by atoms with Gasteiger partial charge in [-0.15, -0.1) is 5.10 Å². The van der Waals surface area contributed by atoms with Crippen LogP contribution in [-0.4, -0.2) is 52.8 Å². The van der Waals surface area contributed by atoms with Crippen molar-refractivity contribution in [3.05, 3.63) is 53.2 Å². The molecule has 6 heteroatoms. The molecule has 0 saturated carbocycles. The lowest BCUT2D eigenvalue weighted by atomic mass is 9.62. The fourth-order valence-corrected chi connectivity index (χ4v) is 5.22. The fraction of sp³-hybridized carbons (Fsp3) is 0.560. The quantitative estimate of drug-likeness (QED) is 0.798. The van der Waals surface area contributed by atoms with E-state index >= 15 is 0 Å². The van der Waals surface area contributed by atoms with Crippen molar-refractivity contribution in [1.29, 1.82) is 0 Å². The van der Waals surface area contributed by atoms with Crippen LogP contribution in [0, 0.1) is 10.8 Å². The van der Waals surface area contributed by atoms with Crippen LogP contribution in [0.1, 0.15) is 63.6 Å². The number of benzene rings is 1. The first kappa shape index (κ1) is 21.9. The third kappa shape index (κ3) is 3.46. The van der Waals surface area contributed by atoms with Gasteiger partial charge in [-0.2, -0.15) is 5.10 Å². The highest BCUT2D eigenvalue weighted by molar-refractivity contribution is 5.98. The minimum Gasteiger partial charge on any atom is -0.380 e. The lowest BCUT2D eigenvalue weighted by Gasteiger charge is -2.55. The van der Waals surface area contributed by atoms with Crippen molar-refractivity contribution in [2.24, 2.45) is 10.8 Å². The Morgan fingerprint density at radius 1 is 1.10 bits per heavy atom. The summed E-state index contributed by atoms with van der Waals surface area (Å²) in [5.41, 5.74) is 0.750. The van der Waals surface area contributed by atoms with Crippen molar-refractivity contribution < 1.29 is 9.90 Å². The predicted octanol–water partition coefficient (Wildman–Crippen LogP) is 3.55. The van der Waals surface area contributed by atoms with E-state index in [0.717, 1.165) is 25.1 Å². The Kier molecular flexibility index (Phi) is 5.22. The topological polar surface area (TPSA) is 69.6 Å². The molecule has 2 aliphatic heterocycles. The van der Waals surface area contributed by atoms with Gasteiger partial charge >= 0.3 is 0 Å². The summed E-state index contributed by atoms with van der Waals surface area (Å²) in [7, 11) is 2.06. The van der Waals surface area contributed by atoms with Crippen LogP contribution in [-0.2, 0) is 10.4 Å². The standard InChI is InChI=1S/C25H34N4O2/c1-17(2)18-7-9-19(10-8-18)25(31,24(5)15-28(6)16-24)20-13-21(27-26-14-20)29-12-11-23(3,4)22(29)30/h7-10,13-14,17,31H,11-12,15-16H2,1-6H3. The number of aliphatic hydroxyl groups is 1. The van der Waals surface area contributed by atoms with E-state index in [-0.39, 0.29) is 11.3 Å². The van der Waals surface area contributed by atoms with Crippen LogP contribution in [0.5, 0.6) is 0 Å². The van der Waals surface area contributed by atoms with Crippen LogP contribution in [0.2, 0.25) is 0 Å². The summed E-state index contributed by atoms with van der Waals surface area (Å²) >= 11 is 0. The van der Waals surface area contributed by atoms with Gasteiger partial charge in [0.1, 0.15) is 5.60 Å². The first-order valence-corrected chi connectivity index (χ1v) is 11.1. The lowest BCUT2D eigenvalue weighted by Crippen LogP contribution is -2.63. The summed E-state index contributed by atoms with van der Waals surface area (Å²) < 4.78 is 0. The van der Waals surface area contributed by atoms with E-state index in [1.54, 1.807) is 11.1 Å². The monoisotopic (exact) mass is 422 g/mol. The van der Waals surface area contributed by atoms with Crippen LogP contribution < -0.4 is 4.90 Å². The summed E-state index contributed by atoms with van der Waals surface area (Å²) in [6.45, 7) is 12.5. The zero-order chi connectivity index (χ0) is 22.6. The summed E-state index contributed by atoms with van der Waals surface area (Å²) in [4.78, 5) is 16.8. The molecule has 6 nitrogen and oxygen atoms in total. The Bertz CT molecular complexity index is 979. The average Bonchev–Trinajstić information content (AvgIpc) is 2.99. The van der Waals surface area contributed by atoms with Crippen molar-refractivity contribution >= 4 is 11.7 Å². The minimum atomic E-state index is -1.24. The van der Waals surface area contributed by atoms with E-state index in [1.165, 1.54) is 5.56 Å². The third-order valence-electron chi connectivity index (χ3n) is 7.23. The maximum atomic E-state index is 12.9. The molecule has 166 valence electrons. The van der Waals surface area contributed by atoms with Gasteiger partial charge < -0.3 is 10.0 Å². The van der Waals surface area contributed by atoms with Crippen LogP contribution in [0.3, 0.4) is 0 Å². The van der Waals surface area contributed by atoms with E-state index in [9.17, 15) is 9.90 Å². The molecule has 4 rings (SSSR count). The summed E-state index contributed by atoms with van der Waals surface area (Å²) in [6.07, 6.45) is 2.43. The van der Waals surface area contributed by atoms with E-state index in [4.69, 9.17) is 0 Å². The fourth-order valence-electron chi connectivity index (χ4n) is 5.22. The average molecular weight is 423 g/mol. The Morgan fingerprint density at radius 2 is 1.74 bits per heavy atom. The van der Waals surface area contributed by atoms with Gasteiger partial charge in [0.15, 0.2) is 5.82 Å². The van der Waals surface area contributed by atoms with Gasteiger partial charge in [0.2, 0.25) is 5.91 Å². The molecule has 1 N–H and O–H groups in total. The molecule has 2 aliphatic rings. The number of rotatable bonds is 5. The predicted molar refractivity (Wildman–Crippen MR) is 122 cm³/mol. The van der Waals surface area contributed by atoms with E-state index in [2.05, 4.69) is 55.0 Å². The molecule has 1 amide bonds. The van der Waals surface area contributed by atoms with Crippen molar-refractivity contribution in [2.45, 2.75) is 52.6 Å². The van der Waals surface area contributed by atoms with Gasteiger partial charge in [0.25, 0.3) is 0 Å². The molecule has 3 heterocycles. The van der Waals surface area contributed by atoms with Crippen LogP contribution in [0.15, 0.2) is 36.5 Å². The third-order valence-corrected chi connectivity index (χ3v) is 7.23. The van der Waals surface area contributed by atoms with Gasteiger partial charge in [0, 0.05) is 36.0 Å². The maximum Gasteiger partial charge on any atom is 0.233 e. The summed E-state index contributed by atoms with van der Waals surface area (Å²) in [6, 6.07) is 10.1. The first-order chi connectivity index (χ1) is 14.5. The molecule has 0 bridgehead atoms. The zero-order valence-corrected chi connectivity index (χ0v) is 19.5. The Balaban J connectivity index is 1.79. The number of likely N-dealkylation sites (tertiary alicyclic amines) is 1. The van der Waals surface area contributed by atoms with E-state index in [0.29, 0.717) is 23.8 Å². The second-order valence-corrected chi connectivity index (χ2v) is 10.6. The molecule has 0 spiro atoms. The number of carbonyl (C=O) groups is 1. The highest BCUT2D eigenvalue weighted by Crippen LogP contribution is 2.50. The van der Waals surface area contributed by atoms with Crippen molar-refractivity contribution in [2.75, 3.05) is 31.6 Å². The van der Waals surface area contributed by atoms with Crippen LogP contribution in [0.4, 0.5) is 5.82 Å². The summed E-state index contributed by atoms with van der Waals surface area (Å²) in [5, 5.41) is 20.8. The largest absolute Gasteiger partial charge is 0.380 e. The lowest BCUT2D eigenvalue weighted by molar-refractivity contribution is -0.127. The van der Waals surface area contributed by atoms with E-state index < -0.39 is 11.0 Å². The number of hydrogen-bond acceptors (Lipinski definition) is 5. The molecule has 31 heavy (non-hydrogen) atoms. The van der Waals surface area contributed by atoms with Gasteiger partial charge in [-0.25, -0.2) is 0 Å². The van der Waals surface area contributed by atoms with Crippen molar-refractivity contribution in [1.82, 2.24) is 15.1 Å².